The lowest BCUT2D eigenvalue weighted by atomic mass is 9.56. The molecule has 7 rings (SSSR count). The normalized spacial score (nSPS) is 34.4. The van der Waals surface area contributed by atoms with Crippen molar-refractivity contribution in [2.75, 3.05) is 13.1 Å². The van der Waals surface area contributed by atoms with Crippen LogP contribution in [0.3, 0.4) is 0 Å². The third-order valence-electron chi connectivity index (χ3n) is 7.62. The van der Waals surface area contributed by atoms with Gasteiger partial charge in [-0.15, -0.1) is 0 Å². The Labute approximate surface area is 161 Å². The van der Waals surface area contributed by atoms with Gasteiger partial charge in [0.15, 0.2) is 0 Å². The molecule has 3 aliphatic heterocycles. The maximum Gasteiger partial charge on any atom is 0.134 e. The Bertz CT molecular complexity index is 1020. The molecule has 3 aromatic rings. The third-order valence-corrected chi connectivity index (χ3v) is 7.62. The van der Waals surface area contributed by atoms with Gasteiger partial charge in [-0.05, 0) is 49.8 Å². The van der Waals surface area contributed by atoms with Gasteiger partial charge in [-0.1, -0.05) is 48.9 Å². The molecule has 4 bridgehead atoms. The van der Waals surface area contributed by atoms with Crippen molar-refractivity contribution in [3.8, 4) is 0 Å². The summed E-state index contributed by atoms with van der Waals surface area (Å²) in [6, 6.07) is 18.5. The number of benzene rings is 2. The quantitative estimate of drug-likeness (QED) is 0.577. The number of aryl methyl sites for hydroxylation is 1. The summed E-state index contributed by atoms with van der Waals surface area (Å²) >= 11 is 0. The second kappa shape index (κ2) is 5.48. The van der Waals surface area contributed by atoms with Gasteiger partial charge in [0.05, 0.1) is 0 Å². The number of furan rings is 1. The highest BCUT2D eigenvalue weighted by molar-refractivity contribution is 5.83. The lowest BCUT2D eigenvalue weighted by Crippen LogP contribution is -2.62. The smallest absolute Gasteiger partial charge is 0.134 e. The predicted octanol–water partition coefficient (Wildman–Crippen LogP) is 5.43. The van der Waals surface area contributed by atoms with E-state index in [0.717, 1.165) is 24.5 Å². The summed E-state index contributed by atoms with van der Waals surface area (Å²) in [7, 11) is 0. The van der Waals surface area contributed by atoms with Gasteiger partial charge < -0.3 is 4.42 Å². The molecule has 0 amide bonds. The topological polar surface area (TPSA) is 16.4 Å². The van der Waals surface area contributed by atoms with Crippen LogP contribution in [0.2, 0.25) is 0 Å². The zero-order chi connectivity index (χ0) is 18.2. The van der Waals surface area contributed by atoms with Crippen LogP contribution in [0, 0.1) is 12.8 Å². The Morgan fingerprint density at radius 3 is 2.81 bits per heavy atom. The Balaban J connectivity index is 1.54. The molecular formula is C25H27NO. The first-order chi connectivity index (χ1) is 13.1. The van der Waals surface area contributed by atoms with Crippen LogP contribution in [0.1, 0.15) is 48.1 Å². The summed E-state index contributed by atoms with van der Waals surface area (Å²) in [5.41, 5.74) is 5.62. The highest BCUT2D eigenvalue weighted by Crippen LogP contribution is 2.56. The minimum Gasteiger partial charge on any atom is -0.460 e. The zero-order valence-electron chi connectivity index (χ0n) is 16.2. The fourth-order valence-corrected chi connectivity index (χ4v) is 6.66. The first kappa shape index (κ1) is 15.9. The van der Waals surface area contributed by atoms with Crippen LogP contribution in [0.25, 0.3) is 11.0 Å². The van der Waals surface area contributed by atoms with Gasteiger partial charge in [-0.3, -0.25) is 4.90 Å². The molecule has 2 heteroatoms. The molecule has 27 heavy (non-hydrogen) atoms. The summed E-state index contributed by atoms with van der Waals surface area (Å²) in [5.74, 6) is 2.59. The van der Waals surface area contributed by atoms with E-state index < -0.39 is 0 Å². The van der Waals surface area contributed by atoms with Crippen molar-refractivity contribution in [1.29, 1.82) is 0 Å². The highest BCUT2D eigenvalue weighted by atomic mass is 16.3. The molecular weight excluding hydrogens is 330 g/mol. The van der Waals surface area contributed by atoms with Crippen molar-refractivity contribution in [1.82, 2.24) is 4.90 Å². The van der Waals surface area contributed by atoms with Gasteiger partial charge in [-0.2, -0.15) is 0 Å². The summed E-state index contributed by atoms with van der Waals surface area (Å²) in [4.78, 5) is 2.80. The molecule has 5 atom stereocenters. The van der Waals surface area contributed by atoms with Gasteiger partial charge >= 0.3 is 0 Å². The maximum absolute atomic E-state index is 6.57. The van der Waals surface area contributed by atoms with E-state index in [4.69, 9.17) is 4.42 Å². The summed E-state index contributed by atoms with van der Waals surface area (Å²) in [5, 5.41) is 1.36. The Morgan fingerprint density at radius 2 is 1.96 bits per heavy atom. The fourth-order valence-electron chi connectivity index (χ4n) is 6.66. The van der Waals surface area contributed by atoms with Crippen molar-refractivity contribution < 1.29 is 4.42 Å². The standard InChI is InChI=1S/C25H27NO/c1-16-8-9-22-20(12-16)19-10-11-26-15-17-13-21(23(19)27-22)24(26)25(2,14-17)18-6-4-3-5-7-18/h3-9,12,17,21,24H,10-11,13-15H2,1-2H3. The average molecular weight is 357 g/mol. The number of piperidine rings is 2. The largest absolute Gasteiger partial charge is 0.460 e. The van der Waals surface area contributed by atoms with Crippen LogP contribution < -0.4 is 0 Å². The minimum absolute atomic E-state index is 0.212. The molecule has 1 aromatic heterocycles. The molecule has 5 unspecified atom stereocenters. The number of nitrogens with zero attached hydrogens (tertiary/aromatic N) is 1. The molecule has 0 radical (unpaired) electrons. The van der Waals surface area contributed by atoms with Gasteiger partial charge in [0.2, 0.25) is 0 Å². The zero-order valence-corrected chi connectivity index (χ0v) is 16.2. The lowest BCUT2D eigenvalue weighted by Gasteiger charge is -2.58. The Morgan fingerprint density at radius 1 is 1.11 bits per heavy atom. The number of fused-ring (bicyclic) bond motifs is 4. The van der Waals surface area contributed by atoms with Crippen LogP contribution in [0.5, 0.6) is 0 Å². The lowest BCUT2D eigenvalue weighted by molar-refractivity contribution is -0.0292. The van der Waals surface area contributed by atoms with Crippen LogP contribution in [0.15, 0.2) is 52.9 Å². The first-order valence-electron chi connectivity index (χ1n) is 10.4. The number of rotatable bonds is 1. The number of hydrogen-bond donors (Lipinski definition) is 0. The molecule has 4 heterocycles. The molecule has 0 N–H and O–H groups in total. The summed E-state index contributed by atoms with van der Waals surface area (Å²) < 4.78 is 6.57. The van der Waals surface area contributed by atoms with Crippen LogP contribution in [-0.2, 0) is 11.8 Å². The molecule has 3 fully saturated rings. The molecule has 2 nitrogen and oxygen atoms in total. The Kier molecular flexibility index (Phi) is 3.24. The van der Waals surface area contributed by atoms with Crippen LogP contribution in [0.4, 0.5) is 0 Å². The molecule has 0 spiro atoms. The van der Waals surface area contributed by atoms with Crippen molar-refractivity contribution in [2.24, 2.45) is 5.92 Å². The van der Waals surface area contributed by atoms with Crippen LogP contribution >= 0.6 is 0 Å². The molecule has 1 aliphatic carbocycles. The second-order valence-electron chi connectivity index (χ2n) is 9.33. The molecule has 2 aromatic carbocycles. The molecule has 2 saturated heterocycles. The molecule has 1 saturated carbocycles. The minimum atomic E-state index is 0.212. The average Bonchev–Trinajstić information content (AvgIpc) is 2.99. The van der Waals surface area contributed by atoms with E-state index in [1.165, 1.54) is 47.2 Å². The predicted molar refractivity (Wildman–Crippen MR) is 109 cm³/mol. The van der Waals surface area contributed by atoms with E-state index in [-0.39, 0.29) is 5.41 Å². The van der Waals surface area contributed by atoms with Gasteiger partial charge in [0.1, 0.15) is 11.3 Å². The van der Waals surface area contributed by atoms with Crippen molar-refractivity contribution in [3.05, 3.63) is 71.0 Å². The van der Waals surface area contributed by atoms with Gasteiger partial charge in [0, 0.05) is 41.4 Å². The van der Waals surface area contributed by atoms with Gasteiger partial charge in [-0.25, -0.2) is 0 Å². The number of hydrogen-bond acceptors (Lipinski definition) is 2. The third kappa shape index (κ3) is 2.17. The SMILES string of the molecule is Cc1ccc2oc3c(c2c1)CCN1CC2CC3C1C(C)(c1ccccc1)C2. The summed E-state index contributed by atoms with van der Waals surface area (Å²) in [6.07, 6.45) is 3.72. The van der Waals surface area contributed by atoms with E-state index in [1.807, 2.05) is 0 Å². The van der Waals surface area contributed by atoms with Crippen molar-refractivity contribution in [2.45, 2.75) is 50.5 Å². The summed E-state index contributed by atoms with van der Waals surface area (Å²) in [6.45, 7) is 7.13. The second-order valence-corrected chi connectivity index (χ2v) is 9.33. The van der Waals surface area contributed by atoms with Crippen molar-refractivity contribution in [3.63, 3.8) is 0 Å². The van der Waals surface area contributed by atoms with E-state index in [9.17, 15) is 0 Å². The van der Waals surface area contributed by atoms with Crippen LogP contribution in [-0.4, -0.2) is 24.0 Å². The first-order valence-corrected chi connectivity index (χ1v) is 10.4. The molecule has 138 valence electrons. The fraction of sp³-hybridized carbons (Fsp3) is 0.440. The van der Waals surface area contributed by atoms with Crippen molar-refractivity contribution >= 4 is 11.0 Å². The maximum atomic E-state index is 6.57. The highest BCUT2D eigenvalue weighted by Gasteiger charge is 2.56. The van der Waals surface area contributed by atoms with E-state index in [0.29, 0.717) is 12.0 Å². The van der Waals surface area contributed by atoms with E-state index >= 15 is 0 Å². The van der Waals surface area contributed by atoms with E-state index in [1.54, 1.807) is 0 Å². The monoisotopic (exact) mass is 357 g/mol. The molecule has 4 aliphatic rings. The van der Waals surface area contributed by atoms with E-state index in [2.05, 4.69) is 67.3 Å². The Hall–Kier alpha value is -2.06. The van der Waals surface area contributed by atoms with Gasteiger partial charge in [0.25, 0.3) is 0 Å².